The first-order valence-corrected chi connectivity index (χ1v) is 14.0. The lowest BCUT2D eigenvalue weighted by Gasteiger charge is -2.40. The molecule has 1 aliphatic carbocycles. The minimum absolute atomic E-state index is 0. The molecule has 212 valence electrons. The van der Waals surface area contributed by atoms with Crippen LogP contribution in [0.25, 0.3) is 0 Å². The fraction of sp³-hybridized carbons (Fsp3) is 0.581. The summed E-state index contributed by atoms with van der Waals surface area (Å²) in [4.78, 5) is 19.4. The Balaban J connectivity index is 0.000000774. The molecule has 0 radical (unpaired) electrons. The summed E-state index contributed by atoms with van der Waals surface area (Å²) < 4.78 is 27.0. The van der Waals surface area contributed by atoms with Crippen molar-refractivity contribution in [3.8, 4) is 0 Å². The molecule has 0 aromatic heterocycles. The Morgan fingerprint density at radius 2 is 1.32 bits per heavy atom. The molecule has 1 aliphatic heterocycles. The van der Waals surface area contributed by atoms with Gasteiger partial charge in [0.05, 0.1) is 12.6 Å². The minimum Gasteiger partial charge on any atom is -0.339 e. The number of likely N-dealkylation sites (N-methyl/N-ethyl adjacent to an activating group) is 1. The molecule has 2 aromatic rings. The van der Waals surface area contributed by atoms with E-state index in [-0.39, 0.29) is 36.0 Å². The third kappa shape index (κ3) is 9.62. The first-order chi connectivity index (χ1) is 17.8. The Hall–Kier alpha value is -2.02. The third-order valence-electron chi connectivity index (χ3n) is 7.80. The molecule has 0 spiro atoms. The Labute approximate surface area is 234 Å². The molecule has 4 rings (SSSR count). The van der Waals surface area contributed by atoms with Crippen LogP contribution in [0.4, 0.5) is 8.78 Å². The average molecular weight is 550 g/mol. The molecule has 2 fully saturated rings. The maximum absolute atomic E-state index is 13.5. The standard InChI is InChI=1S/C26H33F2N3O.C5H12.ClH/c1-29(24-5-3-2-4-6-24)19-25(32)30-15-17-31(18-16-30)26(20-7-11-22(27)12-8-20)21-9-13-23(28)14-10-21;1-4-5(2)3;/h7-14,24,26H,2-6,15-19H2,1H3;5H,4H2,1-3H3;1H. The SMILES string of the molecule is CCC(C)C.CN(CC(=O)N1CCN(C(c2ccc(F)cc2)c2ccc(F)cc2)CC1)C1CCCCC1.Cl. The zero-order valence-electron chi connectivity index (χ0n) is 23.5. The van der Waals surface area contributed by atoms with Crippen LogP contribution in [0, 0.1) is 17.6 Å². The number of halogens is 3. The summed E-state index contributed by atoms with van der Waals surface area (Å²) in [5.41, 5.74) is 1.93. The van der Waals surface area contributed by atoms with Crippen molar-refractivity contribution in [1.82, 2.24) is 14.7 Å². The predicted octanol–water partition coefficient (Wildman–Crippen LogP) is 6.94. The summed E-state index contributed by atoms with van der Waals surface area (Å²) in [6.45, 7) is 9.89. The van der Waals surface area contributed by atoms with Crippen LogP contribution in [-0.2, 0) is 4.79 Å². The van der Waals surface area contributed by atoms with Gasteiger partial charge in [0.25, 0.3) is 0 Å². The van der Waals surface area contributed by atoms with Gasteiger partial charge in [0, 0.05) is 32.2 Å². The number of benzene rings is 2. The molecule has 1 heterocycles. The van der Waals surface area contributed by atoms with Gasteiger partial charge in [-0.1, -0.05) is 70.7 Å². The summed E-state index contributed by atoms with van der Waals surface area (Å²) in [5.74, 6) is 0.529. The van der Waals surface area contributed by atoms with E-state index in [4.69, 9.17) is 0 Å². The van der Waals surface area contributed by atoms with Crippen molar-refractivity contribution >= 4 is 18.3 Å². The lowest BCUT2D eigenvalue weighted by molar-refractivity contribution is -0.134. The monoisotopic (exact) mass is 549 g/mol. The number of nitrogens with zero attached hydrogens (tertiary/aromatic N) is 3. The van der Waals surface area contributed by atoms with Crippen LogP contribution in [0.1, 0.15) is 76.5 Å². The highest BCUT2D eigenvalue weighted by Gasteiger charge is 2.29. The van der Waals surface area contributed by atoms with E-state index in [9.17, 15) is 13.6 Å². The highest BCUT2D eigenvalue weighted by molar-refractivity contribution is 5.85. The molecule has 2 aromatic carbocycles. The van der Waals surface area contributed by atoms with E-state index >= 15 is 0 Å². The fourth-order valence-corrected chi connectivity index (χ4v) is 5.10. The quantitative estimate of drug-likeness (QED) is 0.374. The second-order valence-corrected chi connectivity index (χ2v) is 10.9. The fourth-order valence-electron chi connectivity index (χ4n) is 5.10. The molecule has 7 heteroatoms. The second-order valence-electron chi connectivity index (χ2n) is 10.9. The highest BCUT2D eigenvalue weighted by Crippen LogP contribution is 2.30. The van der Waals surface area contributed by atoms with Gasteiger partial charge in [0.15, 0.2) is 0 Å². The maximum atomic E-state index is 13.5. The topological polar surface area (TPSA) is 26.8 Å². The van der Waals surface area contributed by atoms with E-state index in [2.05, 4.69) is 37.6 Å². The molecule has 1 amide bonds. The molecular formula is C31H46ClF2N3O. The number of amides is 1. The van der Waals surface area contributed by atoms with E-state index in [1.54, 1.807) is 24.3 Å². The van der Waals surface area contributed by atoms with Crippen LogP contribution in [0.15, 0.2) is 48.5 Å². The minimum atomic E-state index is -0.274. The van der Waals surface area contributed by atoms with Crippen molar-refractivity contribution in [2.75, 3.05) is 39.8 Å². The van der Waals surface area contributed by atoms with Crippen LogP contribution in [0.2, 0.25) is 0 Å². The molecule has 2 aliphatic rings. The van der Waals surface area contributed by atoms with Crippen molar-refractivity contribution in [3.05, 3.63) is 71.3 Å². The van der Waals surface area contributed by atoms with Gasteiger partial charge in [-0.3, -0.25) is 14.6 Å². The Morgan fingerprint density at radius 1 is 0.868 bits per heavy atom. The van der Waals surface area contributed by atoms with Gasteiger partial charge in [0.1, 0.15) is 11.6 Å². The van der Waals surface area contributed by atoms with Crippen LogP contribution < -0.4 is 0 Å². The maximum Gasteiger partial charge on any atom is 0.236 e. The van der Waals surface area contributed by atoms with E-state index in [0.29, 0.717) is 25.7 Å². The van der Waals surface area contributed by atoms with Crippen molar-refractivity contribution in [2.24, 2.45) is 5.92 Å². The van der Waals surface area contributed by atoms with E-state index in [0.717, 1.165) is 30.1 Å². The number of rotatable bonds is 7. The van der Waals surface area contributed by atoms with E-state index < -0.39 is 0 Å². The van der Waals surface area contributed by atoms with Gasteiger partial charge >= 0.3 is 0 Å². The third-order valence-corrected chi connectivity index (χ3v) is 7.80. The lowest BCUT2D eigenvalue weighted by Crippen LogP contribution is -2.52. The molecule has 1 saturated carbocycles. The molecule has 4 nitrogen and oxygen atoms in total. The van der Waals surface area contributed by atoms with Crippen LogP contribution >= 0.6 is 12.4 Å². The van der Waals surface area contributed by atoms with Gasteiger partial charge in [0.2, 0.25) is 5.91 Å². The predicted molar refractivity (Wildman–Crippen MR) is 155 cm³/mol. The highest BCUT2D eigenvalue weighted by atomic mass is 35.5. The van der Waals surface area contributed by atoms with Crippen molar-refractivity contribution < 1.29 is 13.6 Å². The number of carbonyl (C=O) groups is 1. The van der Waals surface area contributed by atoms with Gasteiger partial charge in [-0.2, -0.15) is 0 Å². The summed E-state index contributed by atoms with van der Waals surface area (Å²) >= 11 is 0. The number of hydrogen-bond donors (Lipinski definition) is 0. The van der Waals surface area contributed by atoms with Crippen molar-refractivity contribution in [2.45, 2.75) is 71.4 Å². The summed E-state index contributed by atoms with van der Waals surface area (Å²) in [5, 5.41) is 0. The van der Waals surface area contributed by atoms with Crippen molar-refractivity contribution in [1.29, 1.82) is 0 Å². The number of hydrogen-bond acceptors (Lipinski definition) is 3. The Bertz CT molecular complexity index is 895. The van der Waals surface area contributed by atoms with Gasteiger partial charge in [-0.05, 0) is 61.2 Å². The Kier molecular flexibility index (Phi) is 13.7. The van der Waals surface area contributed by atoms with Crippen LogP contribution in [-0.4, -0.2) is 66.4 Å². The lowest BCUT2D eigenvalue weighted by atomic mass is 9.94. The number of piperazine rings is 1. The molecular weight excluding hydrogens is 504 g/mol. The summed E-state index contributed by atoms with van der Waals surface area (Å²) in [6, 6.07) is 13.5. The molecule has 0 bridgehead atoms. The normalized spacial score (nSPS) is 16.8. The van der Waals surface area contributed by atoms with Gasteiger partial charge < -0.3 is 4.90 Å². The van der Waals surface area contributed by atoms with Gasteiger partial charge in [-0.25, -0.2) is 8.78 Å². The Morgan fingerprint density at radius 3 is 1.74 bits per heavy atom. The summed E-state index contributed by atoms with van der Waals surface area (Å²) in [6.07, 6.45) is 7.51. The zero-order chi connectivity index (χ0) is 26.8. The molecule has 38 heavy (non-hydrogen) atoms. The first-order valence-electron chi connectivity index (χ1n) is 14.0. The summed E-state index contributed by atoms with van der Waals surface area (Å²) in [7, 11) is 2.07. The average Bonchev–Trinajstić information content (AvgIpc) is 2.92. The smallest absolute Gasteiger partial charge is 0.236 e. The molecule has 0 atom stereocenters. The molecule has 1 saturated heterocycles. The zero-order valence-corrected chi connectivity index (χ0v) is 24.4. The first kappa shape index (κ1) is 32.2. The van der Waals surface area contributed by atoms with E-state index in [1.807, 2.05) is 4.90 Å². The number of carbonyl (C=O) groups excluding carboxylic acids is 1. The van der Waals surface area contributed by atoms with Gasteiger partial charge in [-0.15, -0.1) is 12.4 Å². The molecule has 0 N–H and O–H groups in total. The van der Waals surface area contributed by atoms with E-state index in [1.165, 1.54) is 62.8 Å². The largest absolute Gasteiger partial charge is 0.339 e. The van der Waals surface area contributed by atoms with Crippen LogP contribution in [0.5, 0.6) is 0 Å². The van der Waals surface area contributed by atoms with Crippen molar-refractivity contribution in [3.63, 3.8) is 0 Å². The second kappa shape index (κ2) is 16.2. The molecule has 0 unspecified atom stereocenters. The van der Waals surface area contributed by atoms with Crippen LogP contribution in [0.3, 0.4) is 0 Å².